The largest absolute Gasteiger partial charge is 0.416 e. The van der Waals surface area contributed by atoms with Crippen LogP contribution in [-0.4, -0.2) is 18.0 Å². The molecule has 0 atom stereocenters. The number of rotatable bonds is 4. The van der Waals surface area contributed by atoms with E-state index in [9.17, 15) is 21.6 Å². The molecule has 2 heterocycles. The molecule has 1 aliphatic heterocycles. The Morgan fingerprint density at radius 2 is 1.82 bits per heavy atom. The summed E-state index contributed by atoms with van der Waals surface area (Å²) in [6, 6.07) is 10.2. The lowest BCUT2D eigenvalue weighted by atomic mass is 10.1. The Balaban J connectivity index is 1.60. The third-order valence-corrected chi connectivity index (χ3v) is 6.02. The lowest BCUT2D eigenvalue weighted by Crippen LogP contribution is -2.13. The topological polar surface area (TPSA) is 64.0 Å². The SMILES string of the molecule is O=S(=O)(Nc1cccc(-c2cnc3n2CCC3)c1)c1ccc(C(F)(F)F)cc1. The van der Waals surface area contributed by atoms with Gasteiger partial charge >= 0.3 is 6.18 Å². The zero-order chi connectivity index (χ0) is 19.9. The number of hydrogen-bond donors (Lipinski definition) is 1. The van der Waals surface area contributed by atoms with Crippen molar-refractivity contribution < 1.29 is 21.6 Å². The third-order valence-electron chi connectivity index (χ3n) is 4.62. The first-order valence-corrected chi connectivity index (χ1v) is 10.1. The van der Waals surface area contributed by atoms with E-state index in [1.165, 1.54) is 0 Å². The summed E-state index contributed by atoms with van der Waals surface area (Å²) in [5.41, 5.74) is 1.14. The number of nitrogens with one attached hydrogen (secondary N) is 1. The van der Waals surface area contributed by atoms with Crippen LogP contribution in [0.3, 0.4) is 0 Å². The molecule has 5 nitrogen and oxygen atoms in total. The Hall–Kier alpha value is -2.81. The number of benzene rings is 2. The molecule has 2 aromatic carbocycles. The van der Waals surface area contributed by atoms with Gasteiger partial charge in [0.15, 0.2) is 0 Å². The van der Waals surface area contributed by atoms with Crippen LogP contribution in [0.2, 0.25) is 0 Å². The summed E-state index contributed by atoms with van der Waals surface area (Å²) in [5.74, 6) is 1.01. The summed E-state index contributed by atoms with van der Waals surface area (Å²) < 4.78 is 67.6. The van der Waals surface area contributed by atoms with Gasteiger partial charge in [-0.15, -0.1) is 0 Å². The van der Waals surface area contributed by atoms with Gasteiger partial charge in [-0.1, -0.05) is 12.1 Å². The first-order valence-electron chi connectivity index (χ1n) is 8.59. The van der Waals surface area contributed by atoms with E-state index < -0.39 is 21.8 Å². The Kier molecular flexibility index (Phi) is 4.41. The van der Waals surface area contributed by atoms with E-state index in [4.69, 9.17) is 0 Å². The minimum atomic E-state index is -4.52. The number of aromatic nitrogens is 2. The van der Waals surface area contributed by atoms with E-state index in [1.54, 1.807) is 24.4 Å². The molecule has 146 valence electrons. The highest BCUT2D eigenvalue weighted by atomic mass is 32.2. The molecule has 28 heavy (non-hydrogen) atoms. The average molecular weight is 407 g/mol. The maximum Gasteiger partial charge on any atom is 0.416 e. The number of alkyl halides is 3. The molecule has 1 aliphatic rings. The van der Waals surface area contributed by atoms with Crippen LogP contribution >= 0.6 is 0 Å². The quantitative estimate of drug-likeness (QED) is 0.701. The first-order chi connectivity index (χ1) is 13.2. The molecule has 0 bridgehead atoms. The molecule has 0 spiro atoms. The number of nitrogens with zero attached hydrogens (tertiary/aromatic N) is 2. The molecule has 0 saturated carbocycles. The minimum absolute atomic E-state index is 0.240. The molecule has 0 saturated heterocycles. The maximum atomic E-state index is 12.7. The number of aryl methyl sites for hydroxylation is 1. The van der Waals surface area contributed by atoms with Gasteiger partial charge in [0.2, 0.25) is 0 Å². The molecule has 0 fully saturated rings. The third kappa shape index (κ3) is 3.49. The number of fused-ring (bicyclic) bond motifs is 1. The Labute approximate surface area is 159 Å². The van der Waals surface area contributed by atoms with Crippen LogP contribution in [0.4, 0.5) is 18.9 Å². The Morgan fingerprint density at radius 3 is 2.54 bits per heavy atom. The molecule has 0 amide bonds. The molecule has 4 rings (SSSR count). The fraction of sp³-hybridized carbons (Fsp3) is 0.211. The standard InChI is InChI=1S/C19H16F3N3O2S/c20-19(21,22)14-6-8-16(9-7-14)28(26,27)24-15-4-1-3-13(11-15)17-12-23-18-5-2-10-25(17)18/h1,3-4,6-9,11-12,24H,2,5,10H2. The van der Waals surface area contributed by atoms with Crippen molar-refractivity contribution in [3.63, 3.8) is 0 Å². The highest BCUT2D eigenvalue weighted by Crippen LogP contribution is 2.31. The van der Waals surface area contributed by atoms with Crippen LogP contribution in [0.25, 0.3) is 11.3 Å². The smallest absolute Gasteiger partial charge is 0.328 e. The highest BCUT2D eigenvalue weighted by Gasteiger charge is 2.30. The second kappa shape index (κ2) is 6.66. The monoisotopic (exact) mass is 407 g/mol. The summed E-state index contributed by atoms with van der Waals surface area (Å²) in [7, 11) is -4.01. The number of halogens is 3. The predicted octanol–water partition coefficient (Wildman–Crippen LogP) is 4.32. The fourth-order valence-electron chi connectivity index (χ4n) is 3.27. The van der Waals surface area contributed by atoms with Crippen LogP contribution in [-0.2, 0) is 29.2 Å². The number of imidazole rings is 1. The molecule has 0 unspecified atom stereocenters. The van der Waals surface area contributed by atoms with Crippen LogP contribution in [0.5, 0.6) is 0 Å². The van der Waals surface area contributed by atoms with Gasteiger partial charge in [-0.05, 0) is 42.8 Å². The van der Waals surface area contributed by atoms with Crippen LogP contribution in [0, 0.1) is 0 Å². The summed E-state index contributed by atoms with van der Waals surface area (Å²) >= 11 is 0. The Morgan fingerprint density at radius 1 is 1.07 bits per heavy atom. The van der Waals surface area contributed by atoms with Gasteiger partial charge < -0.3 is 4.57 Å². The van der Waals surface area contributed by atoms with E-state index in [-0.39, 0.29) is 4.90 Å². The van der Waals surface area contributed by atoms with E-state index in [2.05, 4.69) is 14.3 Å². The lowest BCUT2D eigenvalue weighted by Gasteiger charge is -2.11. The van der Waals surface area contributed by atoms with Crippen LogP contribution in [0.15, 0.2) is 59.6 Å². The summed E-state index contributed by atoms with van der Waals surface area (Å²) in [5, 5.41) is 0. The van der Waals surface area contributed by atoms with Gasteiger partial charge in [0.1, 0.15) is 5.82 Å². The van der Waals surface area contributed by atoms with Gasteiger partial charge in [0, 0.05) is 24.2 Å². The summed E-state index contributed by atoms with van der Waals surface area (Å²) in [4.78, 5) is 4.15. The maximum absolute atomic E-state index is 12.7. The molecule has 1 N–H and O–H groups in total. The second-order valence-corrected chi connectivity index (χ2v) is 8.21. The predicted molar refractivity (Wildman–Crippen MR) is 98.2 cm³/mol. The van der Waals surface area contributed by atoms with E-state index in [0.717, 1.165) is 60.7 Å². The number of hydrogen-bond acceptors (Lipinski definition) is 3. The number of anilines is 1. The van der Waals surface area contributed by atoms with Crippen molar-refractivity contribution in [3.05, 3.63) is 66.1 Å². The van der Waals surface area contributed by atoms with E-state index >= 15 is 0 Å². The Bertz CT molecular complexity index is 1120. The average Bonchev–Trinajstić information content (AvgIpc) is 3.24. The molecular weight excluding hydrogens is 391 g/mol. The van der Waals surface area contributed by atoms with Gasteiger partial charge in [-0.2, -0.15) is 13.2 Å². The molecule has 3 aromatic rings. The van der Waals surface area contributed by atoms with Gasteiger partial charge in [0.05, 0.1) is 22.3 Å². The zero-order valence-corrected chi connectivity index (χ0v) is 15.4. The number of sulfonamides is 1. The molecular formula is C19H16F3N3O2S. The first kappa shape index (κ1) is 18.5. The van der Waals surface area contributed by atoms with E-state index in [0.29, 0.717) is 5.69 Å². The van der Waals surface area contributed by atoms with Crippen molar-refractivity contribution in [1.82, 2.24) is 9.55 Å². The van der Waals surface area contributed by atoms with Gasteiger partial charge in [-0.3, -0.25) is 4.72 Å². The minimum Gasteiger partial charge on any atom is -0.328 e. The molecule has 9 heteroatoms. The van der Waals surface area contributed by atoms with Crippen molar-refractivity contribution in [2.45, 2.75) is 30.5 Å². The lowest BCUT2D eigenvalue weighted by molar-refractivity contribution is -0.137. The van der Waals surface area contributed by atoms with Crippen LogP contribution in [0.1, 0.15) is 17.8 Å². The van der Waals surface area contributed by atoms with E-state index in [1.807, 2.05) is 6.07 Å². The highest BCUT2D eigenvalue weighted by molar-refractivity contribution is 7.92. The van der Waals surface area contributed by atoms with Gasteiger partial charge in [0.25, 0.3) is 10.0 Å². The van der Waals surface area contributed by atoms with Crippen molar-refractivity contribution in [3.8, 4) is 11.3 Å². The van der Waals surface area contributed by atoms with Crippen LogP contribution < -0.4 is 4.72 Å². The van der Waals surface area contributed by atoms with Crippen molar-refractivity contribution in [2.75, 3.05) is 4.72 Å². The molecule has 0 aliphatic carbocycles. The molecule has 0 radical (unpaired) electrons. The zero-order valence-electron chi connectivity index (χ0n) is 14.6. The second-order valence-electron chi connectivity index (χ2n) is 6.52. The molecule has 1 aromatic heterocycles. The normalized spacial score (nSPS) is 14.1. The fourth-order valence-corrected chi connectivity index (χ4v) is 4.32. The van der Waals surface area contributed by atoms with Gasteiger partial charge in [-0.25, -0.2) is 13.4 Å². The van der Waals surface area contributed by atoms with Crippen molar-refractivity contribution in [2.24, 2.45) is 0 Å². The summed E-state index contributed by atoms with van der Waals surface area (Å²) in [6.07, 6.45) is -0.815. The van der Waals surface area contributed by atoms with Crippen molar-refractivity contribution in [1.29, 1.82) is 0 Å². The van der Waals surface area contributed by atoms with Crippen molar-refractivity contribution >= 4 is 15.7 Å². The summed E-state index contributed by atoms with van der Waals surface area (Å²) in [6.45, 7) is 0.867.